The highest BCUT2D eigenvalue weighted by Gasteiger charge is 2.26. The summed E-state index contributed by atoms with van der Waals surface area (Å²) >= 11 is 6.15. The second-order valence-electron chi connectivity index (χ2n) is 7.04. The van der Waals surface area contributed by atoms with Gasteiger partial charge in [0.05, 0.1) is 24.8 Å². The van der Waals surface area contributed by atoms with Crippen LogP contribution >= 0.6 is 11.6 Å². The van der Waals surface area contributed by atoms with Crippen LogP contribution in [0.25, 0.3) is 0 Å². The van der Waals surface area contributed by atoms with Gasteiger partial charge < -0.3 is 14.8 Å². The molecular formula is C20H18ClFN6O2. The molecule has 0 bridgehead atoms. The summed E-state index contributed by atoms with van der Waals surface area (Å²) in [5.74, 6) is 0.146. The molecule has 0 unspecified atom stereocenters. The Morgan fingerprint density at radius 1 is 1.30 bits per heavy atom. The first-order chi connectivity index (χ1) is 14.6. The molecule has 0 spiro atoms. The molecule has 2 aliphatic rings. The minimum atomic E-state index is -0.576. The number of aromatic nitrogens is 2. The largest absolute Gasteiger partial charge is 0.469 e. The second kappa shape index (κ2) is 8.80. The number of halogens is 2. The Morgan fingerprint density at radius 2 is 2.13 bits per heavy atom. The van der Waals surface area contributed by atoms with Crippen LogP contribution in [0.2, 0.25) is 5.15 Å². The zero-order chi connectivity index (χ0) is 21.1. The number of anilines is 1. The van der Waals surface area contributed by atoms with Crippen molar-refractivity contribution in [2.75, 3.05) is 31.6 Å². The first-order valence-corrected chi connectivity index (χ1v) is 9.81. The van der Waals surface area contributed by atoms with E-state index in [0.29, 0.717) is 56.2 Å². The average molecular weight is 429 g/mol. The van der Waals surface area contributed by atoms with Crippen LogP contribution in [0.1, 0.15) is 22.3 Å². The third kappa shape index (κ3) is 4.14. The summed E-state index contributed by atoms with van der Waals surface area (Å²) in [7, 11) is 0. The molecule has 1 N–H and O–H groups in total. The molecule has 0 aromatic carbocycles. The van der Waals surface area contributed by atoms with Crippen LogP contribution in [0, 0.1) is 28.6 Å². The number of rotatable bonds is 6. The van der Waals surface area contributed by atoms with Gasteiger partial charge in [-0.2, -0.15) is 19.9 Å². The lowest BCUT2D eigenvalue weighted by molar-refractivity contribution is -0.0815. The van der Waals surface area contributed by atoms with Crippen LogP contribution in [-0.4, -0.2) is 47.3 Å². The Kier molecular flexibility index (Phi) is 5.96. The third-order valence-corrected chi connectivity index (χ3v) is 5.34. The zero-order valence-corrected chi connectivity index (χ0v) is 16.7. The molecule has 8 nitrogen and oxygen atoms in total. The summed E-state index contributed by atoms with van der Waals surface area (Å²) in [4.78, 5) is 10.2. The van der Waals surface area contributed by atoms with Gasteiger partial charge in [0.2, 0.25) is 11.8 Å². The normalized spacial score (nSPS) is 16.1. The van der Waals surface area contributed by atoms with Crippen molar-refractivity contribution in [2.24, 2.45) is 0 Å². The number of nitriles is 2. The number of nitrogens with one attached hydrogen (secondary N) is 1. The molecule has 0 amide bonds. The number of nitrogens with zero attached hydrogens (tertiary/aromatic N) is 5. The maximum absolute atomic E-state index is 14.5. The van der Waals surface area contributed by atoms with Crippen molar-refractivity contribution in [1.82, 2.24) is 14.9 Å². The Balaban J connectivity index is 1.52. The fraction of sp³-hybridized carbons (Fsp3) is 0.400. The average Bonchev–Trinajstić information content (AvgIpc) is 2.71. The number of pyridine rings is 2. The van der Waals surface area contributed by atoms with Gasteiger partial charge in [0.15, 0.2) is 0 Å². The lowest BCUT2D eigenvalue weighted by Gasteiger charge is -2.30. The van der Waals surface area contributed by atoms with E-state index >= 15 is 0 Å². The number of ether oxygens (including phenoxy) is 2. The molecule has 2 aliphatic heterocycles. The summed E-state index contributed by atoms with van der Waals surface area (Å²) in [6.45, 7) is 2.45. The molecule has 0 atom stereocenters. The van der Waals surface area contributed by atoms with Gasteiger partial charge in [-0.05, 0) is 18.1 Å². The molecular weight excluding hydrogens is 411 g/mol. The van der Waals surface area contributed by atoms with E-state index in [9.17, 15) is 9.65 Å². The second-order valence-corrected chi connectivity index (χ2v) is 7.40. The fourth-order valence-electron chi connectivity index (χ4n) is 3.50. The molecule has 0 aliphatic carbocycles. The smallest absolute Gasteiger partial charge is 0.220 e. The lowest BCUT2D eigenvalue weighted by atomic mass is 9.96. The fourth-order valence-corrected chi connectivity index (χ4v) is 3.74. The van der Waals surface area contributed by atoms with Gasteiger partial charge in [0.1, 0.15) is 29.7 Å². The highest BCUT2D eigenvalue weighted by molar-refractivity contribution is 6.30. The maximum atomic E-state index is 14.5. The van der Waals surface area contributed by atoms with Crippen LogP contribution in [0.4, 0.5) is 10.2 Å². The molecule has 154 valence electrons. The SMILES string of the molecule is N#CCNc1nc(Cl)c(C#N)c2c1CN(Cc1ccc(OC3COC3)nc1F)CC2. The topological polar surface area (TPSA) is 107 Å². The molecule has 1 saturated heterocycles. The quantitative estimate of drug-likeness (QED) is 0.552. The Bertz CT molecular complexity index is 1050. The van der Waals surface area contributed by atoms with Gasteiger partial charge in [0.25, 0.3) is 0 Å². The summed E-state index contributed by atoms with van der Waals surface area (Å²) < 4.78 is 25.1. The van der Waals surface area contributed by atoms with Gasteiger partial charge in [-0.3, -0.25) is 4.90 Å². The number of hydrogen-bond donors (Lipinski definition) is 1. The van der Waals surface area contributed by atoms with Gasteiger partial charge in [-0.25, -0.2) is 4.98 Å². The molecule has 10 heteroatoms. The summed E-state index contributed by atoms with van der Waals surface area (Å²) in [6, 6.07) is 7.44. The highest BCUT2D eigenvalue weighted by atomic mass is 35.5. The molecule has 4 rings (SSSR count). The zero-order valence-electron chi connectivity index (χ0n) is 16.0. The Morgan fingerprint density at radius 3 is 2.80 bits per heavy atom. The molecule has 4 heterocycles. The van der Waals surface area contributed by atoms with Crippen LogP contribution < -0.4 is 10.1 Å². The Hall–Kier alpha value is -2.98. The summed E-state index contributed by atoms with van der Waals surface area (Å²) in [6.07, 6.45) is 0.494. The van der Waals surface area contributed by atoms with E-state index in [-0.39, 0.29) is 23.7 Å². The van der Waals surface area contributed by atoms with E-state index in [0.717, 1.165) is 11.1 Å². The van der Waals surface area contributed by atoms with Gasteiger partial charge in [0, 0.05) is 36.8 Å². The summed E-state index contributed by atoms with van der Waals surface area (Å²) in [5.41, 5.74) is 2.42. The number of fused-ring (bicyclic) bond motifs is 1. The minimum absolute atomic E-state index is 0.0632. The van der Waals surface area contributed by atoms with E-state index in [2.05, 4.69) is 21.4 Å². The van der Waals surface area contributed by atoms with Crippen LogP contribution in [0.5, 0.6) is 5.88 Å². The van der Waals surface area contributed by atoms with Crippen molar-refractivity contribution in [3.63, 3.8) is 0 Å². The minimum Gasteiger partial charge on any atom is -0.469 e. The van der Waals surface area contributed by atoms with Crippen molar-refractivity contribution in [1.29, 1.82) is 10.5 Å². The standard InChI is InChI=1S/C20H18ClFN6O2/c21-18-15(7-24)14-3-6-28(9-16(14)20(27-18)25-5-4-23)8-12-1-2-17(26-19(12)22)30-13-10-29-11-13/h1-2,13H,3,5-6,8-11H2,(H,25,27). The first-order valence-electron chi connectivity index (χ1n) is 9.43. The van der Waals surface area contributed by atoms with Crippen LogP contribution in [0.3, 0.4) is 0 Å². The maximum Gasteiger partial charge on any atom is 0.220 e. The third-order valence-electron chi connectivity index (χ3n) is 5.06. The highest BCUT2D eigenvalue weighted by Crippen LogP contribution is 2.32. The molecule has 30 heavy (non-hydrogen) atoms. The van der Waals surface area contributed by atoms with Crippen LogP contribution in [0.15, 0.2) is 12.1 Å². The summed E-state index contributed by atoms with van der Waals surface area (Å²) in [5, 5.41) is 21.4. The van der Waals surface area contributed by atoms with Crippen molar-refractivity contribution in [3.05, 3.63) is 45.5 Å². The predicted octanol–water partition coefficient (Wildman–Crippen LogP) is 2.41. The molecule has 0 radical (unpaired) electrons. The van der Waals surface area contributed by atoms with E-state index < -0.39 is 5.95 Å². The molecule has 2 aromatic heterocycles. The molecule has 1 fully saturated rings. The van der Waals surface area contributed by atoms with Crippen molar-refractivity contribution < 1.29 is 13.9 Å². The van der Waals surface area contributed by atoms with E-state index in [1.807, 2.05) is 11.0 Å². The van der Waals surface area contributed by atoms with Gasteiger partial charge in [-0.15, -0.1) is 0 Å². The van der Waals surface area contributed by atoms with E-state index in [1.54, 1.807) is 12.1 Å². The van der Waals surface area contributed by atoms with Gasteiger partial charge >= 0.3 is 0 Å². The van der Waals surface area contributed by atoms with Crippen molar-refractivity contribution >= 4 is 17.4 Å². The van der Waals surface area contributed by atoms with Crippen LogP contribution in [-0.2, 0) is 24.2 Å². The van der Waals surface area contributed by atoms with Gasteiger partial charge in [-0.1, -0.05) is 11.6 Å². The predicted molar refractivity (Wildman–Crippen MR) is 105 cm³/mol. The molecule has 2 aromatic rings. The molecule has 0 saturated carbocycles. The van der Waals surface area contributed by atoms with E-state index in [4.69, 9.17) is 26.3 Å². The van der Waals surface area contributed by atoms with Crippen molar-refractivity contribution in [3.8, 4) is 18.0 Å². The lowest BCUT2D eigenvalue weighted by Crippen LogP contribution is -2.38. The Labute approximate surface area is 177 Å². The first kappa shape index (κ1) is 20.3. The van der Waals surface area contributed by atoms with E-state index in [1.165, 1.54) is 0 Å². The van der Waals surface area contributed by atoms with Crippen molar-refractivity contribution in [2.45, 2.75) is 25.6 Å². The monoisotopic (exact) mass is 428 g/mol. The number of hydrogen-bond acceptors (Lipinski definition) is 8.